The van der Waals surface area contributed by atoms with Crippen molar-refractivity contribution in [2.24, 2.45) is 0 Å². The lowest BCUT2D eigenvalue weighted by atomic mass is 10.2. The van der Waals surface area contributed by atoms with Crippen LogP contribution >= 0.6 is 11.8 Å². The monoisotopic (exact) mass is 218 g/mol. The van der Waals surface area contributed by atoms with Crippen LogP contribution in [0.3, 0.4) is 0 Å². The van der Waals surface area contributed by atoms with Crippen LogP contribution < -0.4 is 5.32 Å². The van der Waals surface area contributed by atoms with Crippen LogP contribution in [0.15, 0.2) is 41.6 Å². The molecule has 0 aliphatic carbocycles. The zero-order chi connectivity index (χ0) is 10.5. The third-order valence-corrected chi connectivity index (χ3v) is 3.23. The molecule has 2 rings (SSSR count). The van der Waals surface area contributed by atoms with Crippen molar-refractivity contribution in [3.05, 3.63) is 36.5 Å². The molecule has 1 N–H and O–H groups in total. The summed E-state index contributed by atoms with van der Waals surface area (Å²) >= 11 is 1.80. The van der Waals surface area contributed by atoms with Crippen LogP contribution in [0.5, 0.6) is 0 Å². The molecule has 15 heavy (non-hydrogen) atoms. The van der Waals surface area contributed by atoms with Gasteiger partial charge in [0, 0.05) is 23.9 Å². The van der Waals surface area contributed by atoms with Crippen molar-refractivity contribution in [2.75, 3.05) is 19.3 Å². The molecular weight excluding hydrogens is 204 g/mol. The fourth-order valence-corrected chi connectivity index (χ4v) is 2.43. The minimum absolute atomic E-state index is 1.01. The van der Waals surface area contributed by atoms with Crippen LogP contribution in [-0.2, 0) is 0 Å². The van der Waals surface area contributed by atoms with E-state index in [9.17, 15) is 0 Å². The fraction of sp³-hybridized carbons (Fsp3) is 0.250. The Hall–Kier alpha value is -1.06. The lowest BCUT2D eigenvalue weighted by molar-refractivity contribution is 0.871. The van der Waals surface area contributed by atoms with Gasteiger partial charge in [0.2, 0.25) is 0 Å². The third-order valence-electron chi connectivity index (χ3n) is 2.23. The summed E-state index contributed by atoms with van der Waals surface area (Å²) in [6.45, 7) is 1.01. The van der Waals surface area contributed by atoms with Crippen LogP contribution in [0.2, 0.25) is 0 Å². The normalized spacial score (nSPS) is 10.7. The molecule has 1 heterocycles. The van der Waals surface area contributed by atoms with Crippen LogP contribution in [0.1, 0.15) is 0 Å². The van der Waals surface area contributed by atoms with Crippen molar-refractivity contribution in [1.29, 1.82) is 0 Å². The van der Waals surface area contributed by atoms with E-state index in [1.54, 1.807) is 11.8 Å². The lowest BCUT2D eigenvalue weighted by Crippen LogP contribution is -2.09. The van der Waals surface area contributed by atoms with E-state index in [0.717, 1.165) is 17.3 Å². The van der Waals surface area contributed by atoms with Gasteiger partial charge in [0.05, 0.1) is 0 Å². The summed E-state index contributed by atoms with van der Waals surface area (Å²) in [6, 6.07) is 10.4. The second-order valence-electron chi connectivity index (χ2n) is 3.29. The van der Waals surface area contributed by atoms with Gasteiger partial charge >= 0.3 is 0 Å². The molecule has 0 aliphatic rings. The maximum atomic E-state index is 4.41. The highest BCUT2D eigenvalue weighted by Crippen LogP contribution is 2.24. The van der Waals surface area contributed by atoms with Crippen molar-refractivity contribution in [3.63, 3.8) is 0 Å². The number of aromatic nitrogens is 1. The number of hydrogen-bond acceptors (Lipinski definition) is 3. The summed E-state index contributed by atoms with van der Waals surface area (Å²) in [5, 5.41) is 6.78. The molecule has 0 fully saturated rings. The molecule has 3 heteroatoms. The first-order valence-electron chi connectivity index (χ1n) is 5.03. The van der Waals surface area contributed by atoms with E-state index in [2.05, 4.69) is 40.6 Å². The summed E-state index contributed by atoms with van der Waals surface area (Å²) in [4.78, 5) is 4.41. The summed E-state index contributed by atoms with van der Waals surface area (Å²) < 4.78 is 0. The van der Waals surface area contributed by atoms with Crippen molar-refractivity contribution < 1.29 is 0 Å². The molecule has 0 saturated heterocycles. The van der Waals surface area contributed by atoms with Gasteiger partial charge in [-0.15, -0.1) is 11.8 Å². The van der Waals surface area contributed by atoms with Gasteiger partial charge in [-0.3, -0.25) is 0 Å². The highest BCUT2D eigenvalue weighted by atomic mass is 32.2. The highest BCUT2D eigenvalue weighted by Gasteiger charge is 2.01. The van der Waals surface area contributed by atoms with Crippen LogP contribution in [0.4, 0.5) is 0 Å². The van der Waals surface area contributed by atoms with Crippen LogP contribution in [0.25, 0.3) is 10.8 Å². The van der Waals surface area contributed by atoms with Crippen molar-refractivity contribution in [1.82, 2.24) is 10.3 Å². The average Bonchev–Trinajstić information content (AvgIpc) is 2.30. The van der Waals surface area contributed by atoms with E-state index in [1.165, 1.54) is 10.8 Å². The molecule has 0 radical (unpaired) electrons. The molecule has 0 spiro atoms. The molecule has 0 bridgehead atoms. The maximum absolute atomic E-state index is 4.41. The van der Waals surface area contributed by atoms with Crippen molar-refractivity contribution in [3.8, 4) is 0 Å². The van der Waals surface area contributed by atoms with Crippen molar-refractivity contribution >= 4 is 22.5 Å². The van der Waals surface area contributed by atoms with Gasteiger partial charge in [0.15, 0.2) is 0 Å². The maximum Gasteiger partial charge on any atom is 0.104 e. The minimum atomic E-state index is 1.01. The number of fused-ring (bicyclic) bond motifs is 1. The van der Waals surface area contributed by atoms with Crippen LogP contribution in [-0.4, -0.2) is 24.3 Å². The minimum Gasteiger partial charge on any atom is -0.319 e. The standard InChI is InChI=1S/C12H14N2S/c1-13-8-9-15-12-11-5-3-2-4-10(11)6-7-14-12/h2-7,13H,8-9H2,1H3. The van der Waals surface area contributed by atoms with Gasteiger partial charge < -0.3 is 5.32 Å². The number of thioether (sulfide) groups is 1. The van der Waals surface area contributed by atoms with E-state index in [4.69, 9.17) is 0 Å². The average molecular weight is 218 g/mol. The lowest BCUT2D eigenvalue weighted by Gasteiger charge is -2.04. The first kappa shape index (κ1) is 10.5. The molecule has 1 aromatic carbocycles. The topological polar surface area (TPSA) is 24.9 Å². The molecule has 0 atom stereocenters. The molecule has 78 valence electrons. The van der Waals surface area contributed by atoms with Gasteiger partial charge in [0.1, 0.15) is 5.03 Å². The quantitative estimate of drug-likeness (QED) is 0.630. The van der Waals surface area contributed by atoms with Gasteiger partial charge in [-0.1, -0.05) is 24.3 Å². The number of hydrogen-bond donors (Lipinski definition) is 1. The van der Waals surface area contributed by atoms with E-state index in [-0.39, 0.29) is 0 Å². The number of nitrogens with zero attached hydrogens (tertiary/aromatic N) is 1. The van der Waals surface area contributed by atoms with E-state index >= 15 is 0 Å². The highest BCUT2D eigenvalue weighted by molar-refractivity contribution is 7.99. The predicted molar refractivity (Wildman–Crippen MR) is 66.4 cm³/mol. The van der Waals surface area contributed by atoms with Gasteiger partial charge in [-0.2, -0.15) is 0 Å². The summed E-state index contributed by atoms with van der Waals surface area (Å²) in [6.07, 6.45) is 1.88. The van der Waals surface area contributed by atoms with E-state index in [0.29, 0.717) is 0 Å². The molecule has 0 aliphatic heterocycles. The van der Waals surface area contributed by atoms with E-state index < -0.39 is 0 Å². The second-order valence-corrected chi connectivity index (χ2v) is 4.37. The fourth-order valence-electron chi connectivity index (χ4n) is 1.46. The Morgan fingerprint density at radius 1 is 1.27 bits per heavy atom. The second kappa shape index (κ2) is 5.14. The predicted octanol–water partition coefficient (Wildman–Crippen LogP) is 2.55. The molecular formula is C12H14N2S. The SMILES string of the molecule is CNCCSc1nccc2ccccc12. The summed E-state index contributed by atoms with van der Waals surface area (Å²) in [7, 11) is 1.97. The zero-order valence-corrected chi connectivity index (χ0v) is 9.55. The Morgan fingerprint density at radius 3 is 3.00 bits per heavy atom. The first-order valence-corrected chi connectivity index (χ1v) is 6.01. The number of benzene rings is 1. The smallest absolute Gasteiger partial charge is 0.104 e. The third kappa shape index (κ3) is 2.49. The molecule has 0 unspecified atom stereocenters. The van der Waals surface area contributed by atoms with Gasteiger partial charge in [-0.05, 0) is 18.5 Å². The van der Waals surface area contributed by atoms with Gasteiger partial charge in [-0.25, -0.2) is 4.98 Å². The van der Waals surface area contributed by atoms with Crippen molar-refractivity contribution in [2.45, 2.75) is 5.03 Å². The largest absolute Gasteiger partial charge is 0.319 e. The number of rotatable bonds is 4. The Kier molecular flexibility index (Phi) is 3.59. The number of nitrogens with one attached hydrogen (secondary N) is 1. The van der Waals surface area contributed by atoms with E-state index in [1.807, 2.05) is 13.2 Å². The summed E-state index contributed by atoms with van der Waals surface area (Å²) in [5.41, 5.74) is 0. The van der Waals surface area contributed by atoms with Crippen LogP contribution in [0, 0.1) is 0 Å². The number of pyridine rings is 1. The Morgan fingerprint density at radius 2 is 2.13 bits per heavy atom. The Labute approximate surface area is 94.1 Å². The molecule has 0 amide bonds. The zero-order valence-electron chi connectivity index (χ0n) is 8.73. The molecule has 1 aromatic heterocycles. The molecule has 2 aromatic rings. The molecule has 2 nitrogen and oxygen atoms in total. The summed E-state index contributed by atoms with van der Waals surface area (Å²) in [5.74, 6) is 1.05. The first-order chi connectivity index (χ1) is 7.42. The molecule has 0 saturated carbocycles. The van der Waals surface area contributed by atoms with Gasteiger partial charge in [0.25, 0.3) is 0 Å². The Bertz CT molecular complexity index is 437. The Balaban J connectivity index is 2.26.